The van der Waals surface area contributed by atoms with Crippen molar-refractivity contribution in [1.29, 1.82) is 0 Å². The number of nitrogens with zero attached hydrogens (tertiary/aromatic N) is 2. The van der Waals surface area contributed by atoms with Gasteiger partial charge in [0.25, 0.3) is 0 Å². The van der Waals surface area contributed by atoms with E-state index in [0.29, 0.717) is 0 Å². The molecule has 4 rings (SSSR count). The van der Waals surface area contributed by atoms with Crippen LogP contribution in [0.3, 0.4) is 0 Å². The van der Waals surface area contributed by atoms with Gasteiger partial charge in [0.2, 0.25) is 0 Å². The lowest BCUT2D eigenvalue weighted by Crippen LogP contribution is -2.26. The first-order valence-electron chi connectivity index (χ1n) is 7.52. The molecule has 0 saturated heterocycles. The standard InChI is InChI=1S/C16H21N3/c1-2-6-19-11-15(18-16(19)3-1)10-17-9-14-8-12-4-5-13(14)7-12/h1-3,6,11-14,17H,4-5,7-10H2. The molecule has 0 spiro atoms. The third-order valence-corrected chi connectivity index (χ3v) is 5.01. The number of fused-ring (bicyclic) bond motifs is 3. The molecule has 3 atom stereocenters. The Morgan fingerprint density at radius 1 is 1.26 bits per heavy atom. The Bertz CT molecular complexity index is 541. The number of aromatic nitrogens is 2. The van der Waals surface area contributed by atoms with Crippen molar-refractivity contribution in [2.24, 2.45) is 17.8 Å². The van der Waals surface area contributed by atoms with Crippen molar-refractivity contribution in [2.75, 3.05) is 6.54 Å². The number of nitrogens with one attached hydrogen (secondary N) is 1. The summed E-state index contributed by atoms with van der Waals surface area (Å²) in [4.78, 5) is 4.63. The van der Waals surface area contributed by atoms with E-state index in [0.717, 1.165) is 35.6 Å². The predicted octanol–water partition coefficient (Wildman–Crippen LogP) is 2.86. The van der Waals surface area contributed by atoms with Gasteiger partial charge in [0.1, 0.15) is 5.65 Å². The van der Waals surface area contributed by atoms with Crippen molar-refractivity contribution in [1.82, 2.24) is 14.7 Å². The van der Waals surface area contributed by atoms with Gasteiger partial charge >= 0.3 is 0 Å². The highest BCUT2D eigenvalue weighted by Gasteiger charge is 2.38. The Hall–Kier alpha value is -1.35. The lowest BCUT2D eigenvalue weighted by Gasteiger charge is -2.21. The number of imidazole rings is 1. The molecule has 2 aromatic rings. The molecular formula is C16H21N3. The highest BCUT2D eigenvalue weighted by Crippen LogP contribution is 2.47. The van der Waals surface area contributed by atoms with Crippen LogP contribution in [0.15, 0.2) is 30.6 Å². The quantitative estimate of drug-likeness (QED) is 0.910. The summed E-state index contributed by atoms with van der Waals surface area (Å²) in [5.41, 5.74) is 2.19. The lowest BCUT2D eigenvalue weighted by molar-refractivity contribution is 0.318. The van der Waals surface area contributed by atoms with Gasteiger partial charge in [0.15, 0.2) is 0 Å². The maximum Gasteiger partial charge on any atom is 0.137 e. The summed E-state index contributed by atoms with van der Waals surface area (Å²) in [6.07, 6.45) is 10.1. The van der Waals surface area contributed by atoms with Crippen molar-refractivity contribution < 1.29 is 0 Å². The van der Waals surface area contributed by atoms with Crippen LogP contribution in [0, 0.1) is 17.8 Å². The topological polar surface area (TPSA) is 29.3 Å². The first-order valence-corrected chi connectivity index (χ1v) is 7.52. The van der Waals surface area contributed by atoms with Crippen LogP contribution in [0.4, 0.5) is 0 Å². The van der Waals surface area contributed by atoms with Crippen molar-refractivity contribution >= 4 is 5.65 Å². The van der Waals surface area contributed by atoms with E-state index < -0.39 is 0 Å². The maximum atomic E-state index is 4.63. The van der Waals surface area contributed by atoms with E-state index >= 15 is 0 Å². The van der Waals surface area contributed by atoms with Gasteiger partial charge in [-0.3, -0.25) is 0 Å². The zero-order valence-corrected chi connectivity index (χ0v) is 11.3. The lowest BCUT2D eigenvalue weighted by atomic mass is 9.89. The summed E-state index contributed by atoms with van der Waals surface area (Å²) in [6, 6.07) is 6.13. The SMILES string of the molecule is c1ccn2cc(CNCC3CC4CCC3C4)nc2c1. The summed E-state index contributed by atoms with van der Waals surface area (Å²) in [7, 11) is 0. The molecule has 100 valence electrons. The summed E-state index contributed by atoms with van der Waals surface area (Å²) in [5.74, 6) is 2.99. The molecule has 0 aromatic carbocycles. The van der Waals surface area contributed by atoms with Crippen LogP contribution in [0.5, 0.6) is 0 Å². The molecule has 2 saturated carbocycles. The van der Waals surface area contributed by atoms with Gasteiger partial charge in [-0.2, -0.15) is 0 Å². The van der Waals surface area contributed by atoms with Gasteiger partial charge in [-0.1, -0.05) is 12.5 Å². The van der Waals surface area contributed by atoms with Crippen LogP contribution >= 0.6 is 0 Å². The van der Waals surface area contributed by atoms with Crippen LogP contribution in [-0.2, 0) is 6.54 Å². The van der Waals surface area contributed by atoms with Gasteiger partial charge < -0.3 is 9.72 Å². The number of rotatable bonds is 4. The number of hydrogen-bond acceptors (Lipinski definition) is 2. The summed E-state index contributed by atoms with van der Waals surface area (Å²) in [5, 5.41) is 3.61. The van der Waals surface area contributed by atoms with Crippen LogP contribution in [-0.4, -0.2) is 15.9 Å². The zero-order chi connectivity index (χ0) is 12.7. The second kappa shape index (κ2) is 4.64. The van der Waals surface area contributed by atoms with E-state index in [2.05, 4.69) is 33.2 Å². The normalized spacial score (nSPS) is 29.4. The van der Waals surface area contributed by atoms with Gasteiger partial charge in [-0.05, 0) is 55.7 Å². The van der Waals surface area contributed by atoms with Crippen molar-refractivity contribution in [3.63, 3.8) is 0 Å². The van der Waals surface area contributed by atoms with Crippen LogP contribution in [0.1, 0.15) is 31.4 Å². The predicted molar refractivity (Wildman–Crippen MR) is 75.8 cm³/mol. The van der Waals surface area contributed by atoms with Crippen LogP contribution < -0.4 is 5.32 Å². The second-order valence-electron chi connectivity index (χ2n) is 6.26. The molecule has 3 nitrogen and oxygen atoms in total. The Kier molecular flexibility index (Phi) is 2.80. The fourth-order valence-electron chi connectivity index (χ4n) is 4.08. The number of pyridine rings is 1. The molecule has 0 aliphatic heterocycles. The fourth-order valence-corrected chi connectivity index (χ4v) is 4.08. The monoisotopic (exact) mass is 255 g/mol. The molecule has 2 aliphatic carbocycles. The van der Waals surface area contributed by atoms with Crippen LogP contribution in [0.2, 0.25) is 0 Å². The Morgan fingerprint density at radius 3 is 3.05 bits per heavy atom. The average Bonchev–Trinajstić information content (AvgIpc) is 3.12. The minimum atomic E-state index is 0.898. The van der Waals surface area contributed by atoms with Gasteiger partial charge in [0, 0.05) is 18.9 Å². The van der Waals surface area contributed by atoms with Gasteiger partial charge in [0.05, 0.1) is 5.69 Å². The third-order valence-electron chi connectivity index (χ3n) is 5.01. The van der Waals surface area contributed by atoms with E-state index in [-0.39, 0.29) is 0 Å². The van der Waals surface area contributed by atoms with Crippen molar-refractivity contribution in [3.05, 3.63) is 36.3 Å². The summed E-state index contributed by atoms with van der Waals surface area (Å²) >= 11 is 0. The van der Waals surface area contributed by atoms with E-state index in [1.807, 2.05) is 12.1 Å². The zero-order valence-electron chi connectivity index (χ0n) is 11.3. The molecule has 19 heavy (non-hydrogen) atoms. The molecule has 1 N–H and O–H groups in total. The first-order chi connectivity index (χ1) is 9.38. The van der Waals surface area contributed by atoms with Crippen molar-refractivity contribution in [2.45, 2.75) is 32.2 Å². The Balaban J connectivity index is 1.35. The molecule has 3 unspecified atom stereocenters. The highest BCUT2D eigenvalue weighted by molar-refractivity contribution is 5.39. The fraction of sp³-hybridized carbons (Fsp3) is 0.562. The minimum absolute atomic E-state index is 0.898. The van der Waals surface area contributed by atoms with Crippen molar-refractivity contribution in [3.8, 4) is 0 Å². The van der Waals surface area contributed by atoms with E-state index in [1.165, 1.54) is 32.2 Å². The molecule has 2 fully saturated rings. The Morgan fingerprint density at radius 2 is 2.26 bits per heavy atom. The molecule has 2 heterocycles. The number of hydrogen-bond donors (Lipinski definition) is 1. The molecule has 3 heteroatoms. The third kappa shape index (κ3) is 2.16. The molecule has 2 aromatic heterocycles. The first kappa shape index (κ1) is 11.5. The largest absolute Gasteiger partial charge is 0.311 e. The van der Waals surface area contributed by atoms with Gasteiger partial charge in [-0.15, -0.1) is 0 Å². The van der Waals surface area contributed by atoms with E-state index in [9.17, 15) is 0 Å². The second-order valence-corrected chi connectivity index (χ2v) is 6.26. The van der Waals surface area contributed by atoms with Gasteiger partial charge in [-0.25, -0.2) is 4.98 Å². The van der Waals surface area contributed by atoms with E-state index in [1.54, 1.807) is 0 Å². The minimum Gasteiger partial charge on any atom is -0.311 e. The molecule has 2 aliphatic rings. The van der Waals surface area contributed by atoms with Crippen LogP contribution in [0.25, 0.3) is 5.65 Å². The summed E-state index contributed by atoms with van der Waals surface area (Å²) in [6.45, 7) is 2.07. The summed E-state index contributed by atoms with van der Waals surface area (Å²) < 4.78 is 2.09. The maximum absolute atomic E-state index is 4.63. The average molecular weight is 255 g/mol. The smallest absolute Gasteiger partial charge is 0.137 e. The Labute approximate surface area is 114 Å². The van der Waals surface area contributed by atoms with E-state index in [4.69, 9.17) is 0 Å². The molecule has 0 radical (unpaired) electrons. The molecular weight excluding hydrogens is 234 g/mol. The molecule has 2 bridgehead atoms. The molecule has 0 amide bonds. The highest BCUT2D eigenvalue weighted by atomic mass is 15.0.